The molecule has 5 nitrogen and oxygen atoms in total. The zero-order valence-electron chi connectivity index (χ0n) is 13.0. The molecule has 0 unspecified atom stereocenters. The molecule has 0 saturated carbocycles. The first-order valence-corrected chi connectivity index (χ1v) is 8.37. The molecule has 23 heavy (non-hydrogen) atoms. The zero-order chi connectivity index (χ0) is 16.5. The van der Waals surface area contributed by atoms with Gasteiger partial charge in [-0.25, -0.2) is 0 Å². The van der Waals surface area contributed by atoms with Crippen molar-refractivity contribution in [3.8, 4) is 5.75 Å². The SMILES string of the molecule is CCOc1ccccc1C(=O)NCC(=O)NCCc1cccs1. The molecule has 1 heterocycles. The van der Waals surface area contributed by atoms with Crippen molar-refractivity contribution in [1.82, 2.24) is 10.6 Å². The molecule has 0 spiro atoms. The van der Waals surface area contributed by atoms with Crippen molar-refractivity contribution < 1.29 is 14.3 Å². The number of hydrogen-bond acceptors (Lipinski definition) is 4. The summed E-state index contributed by atoms with van der Waals surface area (Å²) in [6, 6.07) is 11.0. The van der Waals surface area contributed by atoms with Gasteiger partial charge in [0.15, 0.2) is 0 Å². The predicted molar refractivity (Wildman–Crippen MR) is 91.0 cm³/mol. The molecule has 0 aliphatic heterocycles. The minimum absolute atomic E-state index is 0.0519. The highest BCUT2D eigenvalue weighted by Gasteiger charge is 2.12. The van der Waals surface area contributed by atoms with Crippen LogP contribution < -0.4 is 15.4 Å². The molecule has 122 valence electrons. The first kappa shape index (κ1) is 17.0. The van der Waals surface area contributed by atoms with Gasteiger partial charge >= 0.3 is 0 Å². The monoisotopic (exact) mass is 332 g/mol. The third-order valence-corrected chi connectivity index (χ3v) is 4.05. The van der Waals surface area contributed by atoms with Crippen LogP contribution in [0.4, 0.5) is 0 Å². The van der Waals surface area contributed by atoms with Crippen molar-refractivity contribution in [3.63, 3.8) is 0 Å². The summed E-state index contributed by atoms with van der Waals surface area (Å²) in [7, 11) is 0. The van der Waals surface area contributed by atoms with Gasteiger partial charge in [-0.15, -0.1) is 11.3 Å². The Hall–Kier alpha value is -2.34. The molecule has 0 aliphatic carbocycles. The van der Waals surface area contributed by atoms with E-state index in [0.29, 0.717) is 24.5 Å². The molecule has 0 fully saturated rings. The number of carbonyl (C=O) groups excluding carboxylic acids is 2. The number of para-hydroxylation sites is 1. The van der Waals surface area contributed by atoms with Crippen LogP contribution in [-0.4, -0.2) is 31.5 Å². The fourth-order valence-electron chi connectivity index (χ4n) is 2.03. The van der Waals surface area contributed by atoms with Gasteiger partial charge < -0.3 is 15.4 Å². The predicted octanol–water partition coefficient (Wildman–Crippen LogP) is 2.24. The number of ether oxygens (including phenoxy) is 1. The van der Waals surface area contributed by atoms with Crippen LogP contribution in [0.2, 0.25) is 0 Å². The topological polar surface area (TPSA) is 67.4 Å². The molecule has 1 aromatic carbocycles. The van der Waals surface area contributed by atoms with E-state index in [4.69, 9.17) is 4.74 Å². The lowest BCUT2D eigenvalue weighted by atomic mass is 10.2. The van der Waals surface area contributed by atoms with E-state index in [1.807, 2.05) is 24.4 Å². The van der Waals surface area contributed by atoms with Crippen LogP contribution in [0.1, 0.15) is 22.2 Å². The van der Waals surface area contributed by atoms with Gasteiger partial charge in [0.2, 0.25) is 5.91 Å². The number of hydrogen-bond donors (Lipinski definition) is 2. The normalized spacial score (nSPS) is 10.1. The van der Waals surface area contributed by atoms with E-state index in [1.54, 1.807) is 35.6 Å². The Bertz CT molecular complexity index is 641. The van der Waals surface area contributed by atoms with Gasteiger partial charge in [0.25, 0.3) is 5.91 Å². The molecule has 2 aromatic rings. The number of thiophene rings is 1. The average Bonchev–Trinajstić information content (AvgIpc) is 3.07. The van der Waals surface area contributed by atoms with Crippen molar-refractivity contribution >= 4 is 23.2 Å². The number of rotatable bonds is 8. The van der Waals surface area contributed by atoms with Crippen LogP contribution in [0.25, 0.3) is 0 Å². The summed E-state index contributed by atoms with van der Waals surface area (Å²) in [6.45, 7) is 2.84. The molecule has 6 heteroatoms. The quantitative estimate of drug-likeness (QED) is 0.779. The van der Waals surface area contributed by atoms with E-state index in [1.165, 1.54) is 4.88 Å². The maximum absolute atomic E-state index is 12.1. The molecule has 0 atom stereocenters. The molecule has 2 rings (SSSR count). The highest BCUT2D eigenvalue weighted by atomic mass is 32.1. The first-order valence-electron chi connectivity index (χ1n) is 7.49. The Labute approximate surface area is 139 Å². The molecular weight excluding hydrogens is 312 g/mol. The van der Waals surface area contributed by atoms with Crippen LogP contribution in [0.15, 0.2) is 41.8 Å². The van der Waals surface area contributed by atoms with E-state index in [-0.39, 0.29) is 18.4 Å². The molecular formula is C17H20N2O3S. The number of carbonyl (C=O) groups is 2. The highest BCUT2D eigenvalue weighted by Crippen LogP contribution is 2.17. The molecule has 0 aliphatic rings. The van der Waals surface area contributed by atoms with Gasteiger partial charge in [-0.05, 0) is 36.9 Å². The molecule has 2 N–H and O–H groups in total. The van der Waals surface area contributed by atoms with Crippen LogP contribution in [0, 0.1) is 0 Å². The van der Waals surface area contributed by atoms with E-state index in [9.17, 15) is 9.59 Å². The van der Waals surface area contributed by atoms with Crippen LogP contribution in [0.5, 0.6) is 5.75 Å². The third-order valence-electron chi connectivity index (χ3n) is 3.11. The number of nitrogens with one attached hydrogen (secondary N) is 2. The average molecular weight is 332 g/mol. The summed E-state index contributed by atoms with van der Waals surface area (Å²) in [5.41, 5.74) is 0.431. The number of benzene rings is 1. The third kappa shape index (κ3) is 5.41. The molecule has 2 amide bonds. The Kier molecular flexibility index (Phi) is 6.62. The van der Waals surface area contributed by atoms with Gasteiger partial charge in [-0.1, -0.05) is 18.2 Å². The van der Waals surface area contributed by atoms with E-state index in [0.717, 1.165) is 6.42 Å². The molecule has 1 aromatic heterocycles. The lowest BCUT2D eigenvalue weighted by Crippen LogP contribution is -2.37. The Morgan fingerprint density at radius 2 is 1.96 bits per heavy atom. The fraction of sp³-hybridized carbons (Fsp3) is 0.294. The largest absolute Gasteiger partial charge is 0.493 e. The highest BCUT2D eigenvalue weighted by molar-refractivity contribution is 7.09. The maximum Gasteiger partial charge on any atom is 0.255 e. The van der Waals surface area contributed by atoms with E-state index < -0.39 is 0 Å². The summed E-state index contributed by atoms with van der Waals surface area (Å²) in [5.74, 6) is -0.00291. The molecule has 0 saturated heterocycles. The van der Waals surface area contributed by atoms with E-state index >= 15 is 0 Å². The fourth-order valence-corrected chi connectivity index (χ4v) is 2.74. The summed E-state index contributed by atoms with van der Waals surface area (Å²) < 4.78 is 5.41. The second kappa shape index (κ2) is 8.95. The minimum Gasteiger partial charge on any atom is -0.493 e. The van der Waals surface area contributed by atoms with Gasteiger partial charge in [0, 0.05) is 11.4 Å². The van der Waals surface area contributed by atoms with Crippen molar-refractivity contribution in [2.45, 2.75) is 13.3 Å². The standard InChI is InChI=1S/C17H20N2O3S/c1-2-22-15-8-4-3-7-14(15)17(21)19-12-16(20)18-10-9-13-6-5-11-23-13/h3-8,11H,2,9-10,12H2,1H3,(H,18,20)(H,19,21). The Morgan fingerprint density at radius 1 is 1.13 bits per heavy atom. The second-order valence-corrected chi connectivity index (χ2v) is 5.82. The second-order valence-electron chi connectivity index (χ2n) is 4.79. The van der Waals surface area contributed by atoms with Crippen LogP contribution in [0.3, 0.4) is 0 Å². The maximum atomic E-state index is 12.1. The van der Waals surface area contributed by atoms with Gasteiger partial charge in [0.1, 0.15) is 5.75 Å². The first-order chi connectivity index (χ1) is 11.2. The van der Waals surface area contributed by atoms with Crippen molar-refractivity contribution in [1.29, 1.82) is 0 Å². The lowest BCUT2D eigenvalue weighted by Gasteiger charge is -2.10. The number of amides is 2. The summed E-state index contributed by atoms with van der Waals surface area (Å²) in [4.78, 5) is 25.1. The van der Waals surface area contributed by atoms with Gasteiger partial charge in [0.05, 0.1) is 18.7 Å². The minimum atomic E-state index is -0.317. The Morgan fingerprint density at radius 3 is 2.70 bits per heavy atom. The lowest BCUT2D eigenvalue weighted by molar-refractivity contribution is -0.120. The van der Waals surface area contributed by atoms with Crippen molar-refractivity contribution in [2.24, 2.45) is 0 Å². The van der Waals surface area contributed by atoms with Gasteiger partial charge in [-0.3, -0.25) is 9.59 Å². The zero-order valence-corrected chi connectivity index (χ0v) is 13.8. The van der Waals surface area contributed by atoms with Crippen molar-refractivity contribution in [2.75, 3.05) is 19.7 Å². The van der Waals surface area contributed by atoms with E-state index in [2.05, 4.69) is 10.6 Å². The van der Waals surface area contributed by atoms with Crippen LogP contribution >= 0.6 is 11.3 Å². The van der Waals surface area contributed by atoms with Crippen LogP contribution in [-0.2, 0) is 11.2 Å². The molecule has 0 bridgehead atoms. The Balaban J connectivity index is 1.76. The molecule has 0 radical (unpaired) electrons. The van der Waals surface area contributed by atoms with Gasteiger partial charge in [-0.2, -0.15) is 0 Å². The smallest absolute Gasteiger partial charge is 0.255 e. The summed E-state index contributed by atoms with van der Waals surface area (Å²) >= 11 is 1.66. The summed E-state index contributed by atoms with van der Waals surface area (Å²) in [6.07, 6.45) is 0.796. The van der Waals surface area contributed by atoms with Crippen molar-refractivity contribution in [3.05, 3.63) is 52.2 Å². The summed E-state index contributed by atoms with van der Waals surface area (Å²) in [5, 5.41) is 7.41.